The SMILES string of the molecule is COc1cc(-c2csc(=NC3CCCCC3)n2/N=C\c2cc3c(cc2[N+](=O)[O-])OCO3)cc(OC)c1OC. The topological polar surface area (TPSA) is 119 Å². The Morgan fingerprint density at radius 3 is 2.34 bits per heavy atom. The first-order valence-electron chi connectivity index (χ1n) is 12.2. The van der Waals surface area contributed by atoms with Gasteiger partial charge < -0.3 is 23.7 Å². The molecule has 0 spiro atoms. The fourth-order valence-electron chi connectivity index (χ4n) is 4.62. The number of nitro groups is 1. The van der Waals surface area contributed by atoms with Crippen molar-refractivity contribution in [3.05, 3.63) is 50.1 Å². The molecular formula is C26H28N4O7S. The van der Waals surface area contributed by atoms with Gasteiger partial charge in [-0.2, -0.15) is 5.10 Å². The molecule has 1 saturated carbocycles. The number of hydrogen-bond donors (Lipinski definition) is 0. The molecule has 0 atom stereocenters. The molecule has 0 saturated heterocycles. The van der Waals surface area contributed by atoms with Crippen molar-refractivity contribution in [1.82, 2.24) is 4.68 Å². The summed E-state index contributed by atoms with van der Waals surface area (Å²) < 4.78 is 29.0. The van der Waals surface area contributed by atoms with Crippen LogP contribution < -0.4 is 28.5 Å². The summed E-state index contributed by atoms with van der Waals surface area (Å²) in [5.74, 6) is 2.25. The van der Waals surface area contributed by atoms with Crippen molar-refractivity contribution in [2.75, 3.05) is 28.1 Å². The summed E-state index contributed by atoms with van der Waals surface area (Å²) in [6, 6.07) is 6.80. The monoisotopic (exact) mass is 540 g/mol. The summed E-state index contributed by atoms with van der Waals surface area (Å²) >= 11 is 1.46. The van der Waals surface area contributed by atoms with E-state index in [0.717, 1.165) is 36.9 Å². The molecule has 0 radical (unpaired) electrons. The van der Waals surface area contributed by atoms with E-state index in [9.17, 15) is 10.1 Å². The van der Waals surface area contributed by atoms with Crippen molar-refractivity contribution in [3.8, 4) is 40.0 Å². The lowest BCUT2D eigenvalue weighted by Crippen LogP contribution is -2.19. The van der Waals surface area contributed by atoms with Crippen LogP contribution in [0.3, 0.4) is 0 Å². The van der Waals surface area contributed by atoms with E-state index in [2.05, 4.69) is 0 Å². The van der Waals surface area contributed by atoms with E-state index >= 15 is 0 Å². The number of nitrogens with zero attached hydrogens (tertiary/aromatic N) is 4. The third-order valence-corrected chi connectivity index (χ3v) is 7.37. The molecule has 0 N–H and O–H groups in total. The van der Waals surface area contributed by atoms with Crippen molar-refractivity contribution < 1.29 is 28.6 Å². The van der Waals surface area contributed by atoms with Crippen LogP contribution in [0.15, 0.2) is 39.7 Å². The van der Waals surface area contributed by atoms with Gasteiger partial charge in [0.05, 0.1) is 55.8 Å². The molecule has 0 amide bonds. The van der Waals surface area contributed by atoms with E-state index in [1.165, 1.54) is 30.0 Å². The number of benzene rings is 2. The molecule has 1 fully saturated rings. The lowest BCUT2D eigenvalue weighted by Gasteiger charge is -2.17. The Bertz CT molecular complexity index is 1410. The maximum absolute atomic E-state index is 11.8. The van der Waals surface area contributed by atoms with E-state index in [1.807, 2.05) is 17.5 Å². The molecule has 38 heavy (non-hydrogen) atoms. The quantitative estimate of drug-likeness (QED) is 0.224. The second-order valence-electron chi connectivity index (χ2n) is 8.82. The molecule has 2 heterocycles. The number of hydrogen-bond acceptors (Lipinski definition) is 10. The predicted molar refractivity (Wildman–Crippen MR) is 142 cm³/mol. The third-order valence-electron chi connectivity index (χ3n) is 6.54. The highest BCUT2D eigenvalue weighted by Gasteiger charge is 2.23. The Hall–Kier alpha value is -4.06. The highest BCUT2D eigenvalue weighted by molar-refractivity contribution is 7.07. The van der Waals surface area contributed by atoms with Gasteiger partial charge in [-0.15, -0.1) is 11.3 Å². The molecule has 0 bridgehead atoms. The zero-order valence-electron chi connectivity index (χ0n) is 21.3. The molecular weight excluding hydrogens is 512 g/mol. The van der Waals surface area contributed by atoms with Crippen molar-refractivity contribution in [1.29, 1.82) is 0 Å². The van der Waals surface area contributed by atoms with Crippen molar-refractivity contribution in [2.24, 2.45) is 10.1 Å². The van der Waals surface area contributed by atoms with Gasteiger partial charge in [0, 0.05) is 10.9 Å². The van der Waals surface area contributed by atoms with Gasteiger partial charge in [0.2, 0.25) is 17.3 Å². The predicted octanol–water partition coefficient (Wildman–Crippen LogP) is 4.99. The van der Waals surface area contributed by atoms with Gasteiger partial charge in [-0.1, -0.05) is 19.3 Å². The van der Waals surface area contributed by atoms with Gasteiger partial charge in [-0.05, 0) is 31.0 Å². The van der Waals surface area contributed by atoms with Crippen LogP contribution in [-0.2, 0) is 0 Å². The van der Waals surface area contributed by atoms with E-state index in [4.69, 9.17) is 33.8 Å². The normalized spacial score (nSPS) is 15.7. The van der Waals surface area contributed by atoms with Gasteiger partial charge in [-0.3, -0.25) is 15.1 Å². The van der Waals surface area contributed by atoms with E-state index in [0.29, 0.717) is 33.5 Å². The molecule has 2 aromatic carbocycles. The van der Waals surface area contributed by atoms with Crippen LogP contribution in [-0.4, -0.2) is 50.0 Å². The largest absolute Gasteiger partial charge is 0.493 e. The lowest BCUT2D eigenvalue weighted by molar-refractivity contribution is -0.385. The maximum atomic E-state index is 11.8. The van der Waals surface area contributed by atoms with Gasteiger partial charge in [0.25, 0.3) is 5.69 Å². The standard InChI is InChI=1S/C26H28N4O7S/c1-33-23-9-16(10-24(34-2)25(23)35-3)20-14-38-26(28-18-7-5-4-6-8-18)29(20)27-13-17-11-21-22(37-15-36-21)12-19(17)30(31)32/h9-14,18H,4-8,15H2,1-3H3/b27-13-,28-26?. The molecule has 11 nitrogen and oxygen atoms in total. The van der Waals surface area contributed by atoms with Crippen LogP contribution in [0.1, 0.15) is 37.7 Å². The Balaban J connectivity index is 1.65. The number of thiazole rings is 1. The Kier molecular flexibility index (Phi) is 7.50. The summed E-state index contributed by atoms with van der Waals surface area (Å²) in [5.41, 5.74) is 1.65. The van der Waals surface area contributed by atoms with Gasteiger partial charge in [0.15, 0.2) is 23.0 Å². The minimum atomic E-state index is -0.463. The first kappa shape index (κ1) is 25.6. The van der Waals surface area contributed by atoms with Gasteiger partial charge in [-0.25, -0.2) is 4.68 Å². The first-order chi connectivity index (χ1) is 18.5. The molecule has 12 heteroatoms. The van der Waals surface area contributed by atoms with Crippen molar-refractivity contribution >= 4 is 23.2 Å². The highest BCUT2D eigenvalue weighted by Crippen LogP contribution is 2.41. The summed E-state index contributed by atoms with van der Waals surface area (Å²) in [4.78, 5) is 17.0. The van der Waals surface area contributed by atoms with Crippen LogP contribution >= 0.6 is 11.3 Å². The van der Waals surface area contributed by atoms with Gasteiger partial charge >= 0.3 is 0 Å². The summed E-state index contributed by atoms with van der Waals surface area (Å²) in [6.07, 6.45) is 7.01. The first-order valence-corrected chi connectivity index (χ1v) is 13.1. The molecule has 1 aromatic heterocycles. The van der Waals surface area contributed by atoms with Gasteiger partial charge in [0.1, 0.15) is 0 Å². The molecule has 5 rings (SSSR count). The molecule has 2 aliphatic rings. The number of fused-ring (bicyclic) bond motifs is 1. The Labute approximate surface area is 223 Å². The van der Waals surface area contributed by atoms with Crippen LogP contribution in [0.2, 0.25) is 0 Å². The average Bonchev–Trinajstić information content (AvgIpc) is 3.57. The van der Waals surface area contributed by atoms with E-state index < -0.39 is 4.92 Å². The Morgan fingerprint density at radius 1 is 1.03 bits per heavy atom. The zero-order valence-corrected chi connectivity index (χ0v) is 22.2. The molecule has 200 valence electrons. The smallest absolute Gasteiger partial charge is 0.282 e. The minimum Gasteiger partial charge on any atom is -0.493 e. The zero-order chi connectivity index (χ0) is 26.6. The van der Waals surface area contributed by atoms with Crippen molar-refractivity contribution in [3.63, 3.8) is 0 Å². The van der Waals surface area contributed by atoms with Crippen LogP contribution in [0.25, 0.3) is 11.3 Å². The number of ether oxygens (including phenoxy) is 5. The molecule has 1 aliphatic heterocycles. The fourth-order valence-corrected chi connectivity index (χ4v) is 5.53. The van der Waals surface area contributed by atoms with E-state index in [-0.39, 0.29) is 24.1 Å². The van der Waals surface area contributed by atoms with Crippen LogP contribution in [0.4, 0.5) is 5.69 Å². The molecule has 3 aromatic rings. The maximum Gasteiger partial charge on any atom is 0.282 e. The highest BCUT2D eigenvalue weighted by atomic mass is 32.1. The number of methoxy groups -OCH3 is 3. The molecule has 0 unspecified atom stereocenters. The van der Waals surface area contributed by atoms with Crippen LogP contribution in [0, 0.1) is 10.1 Å². The average molecular weight is 541 g/mol. The second-order valence-corrected chi connectivity index (χ2v) is 9.65. The van der Waals surface area contributed by atoms with E-state index in [1.54, 1.807) is 32.1 Å². The van der Waals surface area contributed by atoms with Crippen molar-refractivity contribution in [2.45, 2.75) is 38.1 Å². The lowest BCUT2D eigenvalue weighted by atomic mass is 9.96. The minimum absolute atomic E-state index is 0.0159. The third kappa shape index (κ3) is 5.03. The summed E-state index contributed by atoms with van der Waals surface area (Å²) in [5, 5.41) is 18.4. The Morgan fingerprint density at radius 2 is 1.71 bits per heavy atom. The number of aromatic nitrogens is 1. The summed E-state index contributed by atoms with van der Waals surface area (Å²) in [7, 11) is 4.67. The molecule has 1 aliphatic carbocycles. The number of rotatable bonds is 8. The van der Waals surface area contributed by atoms with Crippen LogP contribution in [0.5, 0.6) is 28.7 Å². The fraction of sp³-hybridized carbons (Fsp3) is 0.385. The second kappa shape index (κ2) is 11.1. The number of nitro benzene ring substituents is 1. The summed E-state index contributed by atoms with van der Waals surface area (Å²) in [6.45, 7) is 0.0159.